The van der Waals surface area contributed by atoms with E-state index in [4.69, 9.17) is 0 Å². The second kappa shape index (κ2) is 8.99. The zero-order chi connectivity index (χ0) is 29.5. The van der Waals surface area contributed by atoms with Crippen LogP contribution >= 0.6 is 0 Å². The van der Waals surface area contributed by atoms with Crippen molar-refractivity contribution in [3.05, 3.63) is 0 Å². The Morgan fingerprint density at radius 2 is 0.528 bits per heavy atom. The van der Waals surface area contributed by atoms with E-state index < -0.39 is 68.9 Å². The molecule has 0 bridgehead atoms. The van der Waals surface area contributed by atoms with Gasteiger partial charge in [0.2, 0.25) is 0 Å². The van der Waals surface area contributed by atoms with Gasteiger partial charge in [0.15, 0.2) is 10.1 Å². The van der Waals surface area contributed by atoms with Gasteiger partial charge in [-0.15, -0.1) is 0 Å². The van der Waals surface area contributed by atoms with Gasteiger partial charge in [-0.3, -0.25) is 0 Å². The molecule has 0 aliphatic carbocycles. The van der Waals surface area contributed by atoms with Crippen molar-refractivity contribution >= 4 is 10.1 Å². The summed E-state index contributed by atoms with van der Waals surface area (Å²) in [7, 11) is -8.34. The molecule has 0 radical (unpaired) electrons. The molecule has 0 heterocycles. The van der Waals surface area contributed by atoms with Crippen LogP contribution < -0.4 is 29.6 Å². The fourth-order valence-electron chi connectivity index (χ4n) is 1.70. The van der Waals surface area contributed by atoms with Crippen molar-refractivity contribution in [3.8, 4) is 0 Å². The summed E-state index contributed by atoms with van der Waals surface area (Å²) in [6.45, 7) is 0. The smallest absolute Gasteiger partial charge is 0.743 e. The molecular weight excluding hydrogens is 625 g/mol. The maximum atomic E-state index is 13.3. The van der Waals surface area contributed by atoms with Gasteiger partial charge in [0.05, 0.1) is 0 Å². The van der Waals surface area contributed by atoms with Gasteiger partial charge >= 0.3 is 88.4 Å². The van der Waals surface area contributed by atoms with Crippen LogP contribution in [0, 0.1) is 0 Å². The van der Waals surface area contributed by atoms with E-state index in [1.807, 2.05) is 0 Å². The van der Waals surface area contributed by atoms with Crippen LogP contribution in [-0.2, 0) is 10.1 Å². The molecule has 0 saturated heterocycles. The van der Waals surface area contributed by atoms with Crippen molar-refractivity contribution in [2.45, 2.75) is 58.8 Å². The van der Waals surface area contributed by atoms with E-state index in [1.54, 1.807) is 0 Å². The first-order valence-corrected chi connectivity index (χ1v) is 8.33. The molecule has 0 aromatic carbocycles. The van der Waals surface area contributed by atoms with E-state index in [1.165, 1.54) is 0 Å². The second-order valence-corrected chi connectivity index (χ2v) is 7.48. The maximum absolute atomic E-state index is 13.3. The van der Waals surface area contributed by atoms with Crippen molar-refractivity contribution < 1.29 is 135 Å². The van der Waals surface area contributed by atoms with E-state index in [-0.39, 0.29) is 29.6 Å². The van der Waals surface area contributed by atoms with Crippen LogP contribution in [0.4, 0.5) is 92.2 Å². The monoisotopic (exact) mass is 625 g/mol. The number of hydrogen-bond donors (Lipinski definition) is 0. The molecule has 0 amide bonds. The van der Waals surface area contributed by atoms with Crippen LogP contribution in [0.5, 0.6) is 0 Å². The molecule has 3 nitrogen and oxygen atoms in total. The Bertz CT molecular complexity index is 919. The molecule has 0 saturated carbocycles. The van der Waals surface area contributed by atoms with Crippen LogP contribution in [-0.4, -0.2) is 71.8 Å². The fraction of sp³-hybridized carbons (Fsp3) is 1.00. The summed E-state index contributed by atoms with van der Waals surface area (Å²) >= 11 is 0. The molecule has 0 aromatic heterocycles. The number of alkyl halides is 21. The van der Waals surface area contributed by atoms with E-state index >= 15 is 0 Å². The number of hydrogen-bond acceptors (Lipinski definition) is 3. The Morgan fingerprint density at radius 3 is 0.694 bits per heavy atom. The average Bonchev–Trinajstić information content (AvgIpc) is 2.58. The minimum Gasteiger partial charge on any atom is -0.743 e. The van der Waals surface area contributed by atoms with Crippen LogP contribution in [0.2, 0.25) is 0 Å². The van der Waals surface area contributed by atoms with Gasteiger partial charge in [-0.1, -0.05) is 0 Å². The summed E-state index contributed by atoms with van der Waals surface area (Å²) in [6.07, 6.45) is -8.09. The Morgan fingerprint density at radius 1 is 0.361 bits per heavy atom. The number of rotatable bonds is 9. The van der Waals surface area contributed by atoms with Crippen molar-refractivity contribution in [2.24, 2.45) is 0 Å². The van der Waals surface area contributed by atoms with Gasteiger partial charge in [0.1, 0.15) is 0 Å². The SMILES string of the molecule is O=S(=O)([O-])[13C](F)(F)[13C](F)(F)[13C](F)(F)C(F)(F)C(F)(F)C(F)(F)C(F)(F)C(F)(F)C(F)(F)C(F)(F)F.[Na+]. The van der Waals surface area contributed by atoms with Gasteiger partial charge in [-0.05, 0) is 0 Å². The summed E-state index contributed by atoms with van der Waals surface area (Å²) in [5, 5.41) is -8.17. The molecule has 26 heteroatoms. The maximum Gasteiger partial charge on any atom is 1.00 e. The van der Waals surface area contributed by atoms with Crippen molar-refractivity contribution in [1.82, 2.24) is 0 Å². The van der Waals surface area contributed by atoms with E-state index in [0.29, 0.717) is 0 Å². The summed E-state index contributed by atoms with van der Waals surface area (Å²) < 4.78 is 300. The standard InChI is InChI=1S/C10HF21O3S.Na/c11-1(12,3(15,16)5(19,20)7(23,24)9(27,28)29)2(13,14)4(17,18)6(21,22)8(25,26)10(30,31)35(32,33)34;/h(H,32,33,34);/q;+1/p-1/i6+1,8+1,10+1;. The predicted octanol–water partition coefficient (Wildman–Crippen LogP) is 2.77. The fourth-order valence-corrected chi connectivity index (χ4v) is 2.14. The normalized spacial score (nSPS) is 16.6. The molecule has 0 unspecified atom stereocenters. The minimum atomic E-state index is -9.40. The van der Waals surface area contributed by atoms with Gasteiger partial charge in [0.25, 0.3) is 0 Å². The first kappa shape index (κ1) is 37.6. The molecule has 0 spiro atoms. The molecule has 36 heavy (non-hydrogen) atoms. The third kappa shape index (κ3) is 4.40. The summed E-state index contributed by atoms with van der Waals surface area (Å²) in [6, 6.07) is 0. The Labute approximate surface area is 204 Å². The predicted molar refractivity (Wildman–Crippen MR) is 60.3 cm³/mol. The molecule has 212 valence electrons. The molecule has 0 fully saturated rings. The van der Waals surface area contributed by atoms with Crippen LogP contribution in [0.15, 0.2) is 0 Å². The topological polar surface area (TPSA) is 57.2 Å². The first-order chi connectivity index (χ1) is 14.5. The van der Waals surface area contributed by atoms with Gasteiger partial charge < -0.3 is 4.55 Å². The minimum absolute atomic E-state index is 0. The Kier molecular flexibility index (Phi) is 9.39. The summed E-state index contributed by atoms with van der Waals surface area (Å²) in [5.41, 5.74) is 0. The molecule has 0 rings (SSSR count). The Balaban J connectivity index is 0. The van der Waals surface area contributed by atoms with Crippen LogP contribution in [0.25, 0.3) is 0 Å². The Hall–Kier alpha value is -0.560. The van der Waals surface area contributed by atoms with E-state index in [0.717, 1.165) is 0 Å². The summed E-state index contributed by atoms with van der Waals surface area (Å²) in [4.78, 5) is 0. The summed E-state index contributed by atoms with van der Waals surface area (Å²) in [5.74, 6) is -72.8. The van der Waals surface area contributed by atoms with Crippen LogP contribution in [0.1, 0.15) is 0 Å². The third-order valence-electron chi connectivity index (χ3n) is 3.80. The van der Waals surface area contributed by atoms with E-state index in [9.17, 15) is 105 Å². The van der Waals surface area contributed by atoms with Crippen molar-refractivity contribution in [1.29, 1.82) is 0 Å². The quantitative estimate of drug-likeness (QED) is 0.172. The first-order valence-electron chi connectivity index (χ1n) is 6.92. The van der Waals surface area contributed by atoms with Gasteiger partial charge in [-0.25, -0.2) is 8.42 Å². The van der Waals surface area contributed by atoms with Crippen LogP contribution in [0.3, 0.4) is 0 Å². The zero-order valence-electron chi connectivity index (χ0n) is 15.6. The molecule has 0 aliphatic heterocycles. The van der Waals surface area contributed by atoms with E-state index in [2.05, 4.69) is 0 Å². The van der Waals surface area contributed by atoms with Crippen molar-refractivity contribution in [3.63, 3.8) is 0 Å². The largest absolute Gasteiger partial charge is 1.00 e. The van der Waals surface area contributed by atoms with Gasteiger partial charge in [0, 0.05) is 0 Å². The van der Waals surface area contributed by atoms with Crippen molar-refractivity contribution in [2.75, 3.05) is 0 Å². The zero-order valence-corrected chi connectivity index (χ0v) is 18.4. The average molecular weight is 625 g/mol. The second-order valence-electron chi connectivity index (χ2n) is 6.06. The molecule has 0 N–H and O–H groups in total. The van der Waals surface area contributed by atoms with Gasteiger partial charge in [-0.2, -0.15) is 92.2 Å². The number of halogens is 21. The molecular formula is C10F21NaO3S. The molecule has 0 aliphatic rings. The third-order valence-corrected chi connectivity index (χ3v) is 4.68. The molecule has 0 atom stereocenters. The molecule has 0 aromatic rings.